The molecule has 1 heterocycles. The van der Waals surface area contributed by atoms with Gasteiger partial charge in [0.05, 0.1) is 12.1 Å². The summed E-state index contributed by atoms with van der Waals surface area (Å²) < 4.78 is 44.6. The number of nitrogens with zero attached hydrogens (tertiary/aromatic N) is 1. The Kier molecular flexibility index (Phi) is 8.65. The van der Waals surface area contributed by atoms with Gasteiger partial charge in [-0.3, -0.25) is 4.99 Å². The lowest BCUT2D eigenvalue weighted by Crippen LogP contribution is -2.40. The first-order chi connectivity index (χ1) is 11.7. The molecule has 2 rings (SSSR count). The van der Waals surface area contributed by atoms with E-state index in [-0.39, 0.29) is 24.0 Å². The van der Waals surface area contributed by atoms with Crippen molar-refractivity contribution in [3.63, 3.8) is 0 Å². The average molecular weight is 485 g/mol. The first kappa shape index (κ1) is 23.0. The van der Waals surface area contributed by atoms with E-state index < -0.39 is 17.2 Å². The third kappa shape index (κ3) is 6.29. The first-order valence-corrected chi connectivity index (χ1v) is 8.52. The van der Waals surface area contributed by atoms with Crippen molar-refractivity contribution < 1.29 is 17.9 Å². The molecule has 0 aromatic heterocycles. The monoisotopic (exact) mass is 485 g/mol. The van der Waals surface area contributed by atoms with Crippen LogP contribution < -0.4 is 11.1 Å². The van der Waals surface area contributed by atoms with Crippen LogP contribution in [0.4, 0.5) is 13.2 Å². The standard InChI is InChI=1S/C18H26F3N3O.HI/c1-13(2)11-23-16(22)24-12-17(6-8-25-9-7-17)14-4-3-5-15(10-14)18(19,20)21;/h3-5,10,13H,6-9,11-12H2,1-2H3,(H3,22,23,24);1H. The first-order valence-electron chi connectivity index (χ1n) is 8.52. The Bertz CT molecular complexity index is 600. The summed E-state index contributed by atoms with van der Waals surface area (Å²) in [6.07, 6.45) is -3.12. The number of guanidine groups is 1. The van der Waals surface area contributed by atoms with Crippen LogP contribution in [0, 0.1) is 5.92 Å². The lowest BCUT2D eigenvalue weighted by atomic mass is 9.74. The number of nitrogens with one attached hydrogen (secondary N) is 1. The molecule has 1 fully saturated rings. The van der Waals surface area contributed by atoms with Crippen LogP contribution in [0.2, 0.25) is 0 Å². The molecule has 0 spiro atoms. The van der Waals surface area contributed by atoms with Crippen molar-refractivity contribution in [2.24, 2.45) is 16.6 Å². The minimum absolute atomic E-state index is 0. The summed E-state index contributed by atoms with van der Waals surface area (Å²) in [5.74, 6) is 0.751. The maximum absolute atomic E-state index is 13.1. The zero-order chi connectivity index (χ0) is 18.5. The fourth-order valence-corrected chi connectivity index (χ4v) is 2.93. The number of alkyl halides is 3. The van der Waals surface area contributed by atoms with Crippen LogP contribution in [0.25, 0.3) is 0 Å². The van der Waals surface area contributed by atoms with Gasteiger partial charge in [-0.2, -0.15) is 13.2 Å². The van der Waals surface area contributed by atoms with Crippen LogP contribution >= 0.6 is 24.0 Å². The van der Waals surface area contributed by atoms with Gasteiger partial charge in [0.15, 0.2) is 5.96 Å². The molecule has 1 aromatic carbocycles. The fourth-order valence-electron chi connectivity index (χ4n) is 2.93. The quantitative estimate of drug-likeness (QED) is 0.378. The molecule has 0 aliphatic carbocycles. The molecule has 4 nitrogen and oxygen atoms in total. The summed E-state index contributed by atoms with van der Waals surface area (Å²) in [5.41, 5.74) is 5.43. The van der Waals surface area contributed by atoms with Gasteiger partial charge in [-0.05, 0) is 30.4 Å². The molecule has 0 amide bonds. The molecular formula is C18H27F3IN3O. The molecule has 3 N–H and O–H groups in total. The third-order valence-corrected chi connectivity index (χ3v) is 4.50. The number of hydrogen-bond donors (Lipinski definition) is 2. The topological polar surface area (TPSA) is 59.6 Å². The Morgan fingerprint density at radius 1 is 1.31 bits per heavy atom. The number of aliphatic imine (C=N–C) groups is 1. The summed E-state index contributed by atoms with van der Waals surface area (Å²) >= 11 is 0. The number of rotatable bonds is 5. The van der Waals surface area contributed by atoms with Gasteiger partial charge in [-0.1, -0.05) is 32.0 Å². The molecule has 1 saturated heterocycles. The maximum atomic E-state index is 13.1. The molecule has 0 bridgehead atoms. The highest BCUT2D eigenvalue weighted by Crippen LogP contribution is 2.38. The molecule has 0 saturated carbocycles. The van der Waals surface area contributed by atoms with Crippen LogP contribution in [0.5, 0.6) is 0 Å². The molecule has 1 aromatic rings. The van der Waals surface area contributed by atoms with E-state index in [1.54, 1.807) is 6.07 Å². The van der Waals surface area contributed by atoms with Crippen LogP contribution in [0.3, 0.4) is 0 Å². The summed E-state index contributed by atoms with van der Waals surface area (Å²) in [7, 11) is 0. The molecule has 0 atom stereocenters. The van der Waals surface area contributed by atoms with Gasteiger partial charge in [-0.25, -0.2) is 0 Å². The smallest absolute Gasteiger partial charge is 0.381 e. The summed E-state index contributed by atoms with van der Waals surface area (Å²) in [5, 5.41) is 3.04. The Morgan fingerprint density at radius 2 is 1.96 bits per heavy atom. The van der Waals surface area contributed by atoms with Crippen LogP contribution in [0.15, 0.2) is 29.3 Å². The van der Waals surface area contributed by atoms with Crippen molar-refractivity contribution in [3.8, 4) is 0 Å². The van der Waals surface area contributed by atoms with Crippen molar-refractivity contribution in [2.45, 2.75) is 38.3 Å². The molecule has 148 valence electrons. The van der Waals surface area contributed by atoms with Gasteiger partial charge in [0.2, 0.25) is 0 Å². The van der Waals surface area contributed by atoms with Gasteiger partial charge in [-0.15, -0.1) is 24.0 Å². The molecule has 26 heavy (non-hydrogen) atoms. The summed E-state index contributed by atoms with van der Waals surface area (Å²) in [6.45, 7) is 6.17. The van der Waals surface area contributed by atoms with Crippen molar-refractivity contribution in [2.75, 3.05) is 26.3 Å². The molecule has 1 aliphatic heterocycles. The van der Waals surface area contributed by atoms with E-state index in [0.717, 1.165) is 6.07 Å². The van der Waals surface area contributed by atoms with Crippen molar-refractivity contribution in [1.29, 1.82) is 0 Å². The highest BCUT2D eigenvalue weighted by molar-refractivity contribution is 14.0. The van der Waals surface area contributed by atoms with Gasteiger partial charge >= 0.3 is 6.18 Å². The predicted octanol–water partition coefficient (Wildman–Crippen LogP) is 3.93. The number of hydrogen-bond acceptors (Lipinski definition) is 2. The van der Waals surface area contributed by atoms with Gasteiger partial charge < -0.3 is 15.8 Å². The highest BCUT2D eigenvalue weighted by atomic mass is 127. The Hall–Kier alpha value is -1.03. The zero-order valence-electron chi connectivity index (χ0n) is 15.1. The Balaban J connectivity index is 0.00000338. The van der Waals surface area contributed by atoms with Crippen molar-refractivity contribution in [3.05, 3.63) is 35.4 Å². The Labute approximate surface area is 169 Å². The number of halogens is 4. The molecule has 0 radical (unpaired) electrons. The fraction of sp³-hybridized carbons (Fsp3) is 0.611. The van der Waals surface area contributed by atoms with E-state index >= 15 is 0 Å². The third-order valence-electron chi connectivity index (χ3n) is 4.50. The van der Waals surface area contributed by atoms with E-state index in [1.165, 1.54) is 12.1 Å². The second kappa shape index (κ2) is 9.77. The average Bonchev–Trinajstić information content (AvgIpc) is 2.58. The molecule has 1 aliphatic rings. The molecular weight excluding hydrogens is 458 g/mol. The Morgan fingerprint density at radius 3 is 2.54 bits per heavy atom. The van der Waals surface area contributed by atoms with E-state index in [0.29, 0.717) is 56.6 Å². The maximum Gasteiger partial charge on any atom is 0.416 e. The number of benzene rings is 1. The SMILES string of the molecule is CC(C)CNC(N)=NCC1(c2cccc(C(F)(F)F)c2)CCOCC1.I. The minimum Gasteiger partial charge on any atom is -0.381 e. The van der Waals surface area contributed by atoms with Crippen molar-refractivity contribution in [1.82, 2.24) is 5.32 Å². The van der Waals surface area contributed by atoms with Gasteiger partial charge in [0.1, 0.15) is 0 Å². The zero-order valence-corrected chi connectivity index (χ0v) is 17.4. The van der Waals surface area contributed by atoms with Crippen LogP contribution in [-0.2, 0) is 16.3 Å². The van der Waals surface area contributed by atoms with Gasteiger partial charge in [0, 0.05) is 25.2 Å². The number of nitrogens with two attached hydrogens (primary N) is 1. The largest absolute Gasteiger partial charge is 0.416 e. The van der Waals surface area contributed by atoms with E-state index in [2.05, 4.69) is 24.2 Å². The second-order valence-electron chi connectivity index (χ2n) is 6.95. The summed E-state index contributed by atoms with van der Waals surface area (Å²) in [4.78, 5) is 4.41. The van der Waals surface area contributed by atoms with Gasteiger partial charge in [0.25, 0.3) is 0 Å². The van der Waals surface area contributed by atoms with E-state index in [4.69, 9.17) is 10.5 Å². The number of ether oxygens (including phenoxy) is 1. The predicted molar refractivity (Wildman–Crippen MR) is 108 cm³/mol. The molecule has 8 heteroatoms. The lowest BCUT2D eigenvalue weighted by molar-refractivity contribution is -0.137. The highest BCUT2D eigenvalue weighted by Gasteiger charge is 2.37. The normalized spacial score (nSPS) is 17.7. The minimum atomic E-state index is -4.36. The van der Waals surface area contributed by atoms with E-state index in [1.807, 2.05) is 0 Å². The van der Waals surface area contributed by atoms with Crippen LogP contribution in [0.1, 0.15) is 37.8 Å². The summed E-state index contributed by atoms with van der Waals surface area (Å²) in [6, 6.07) is 5.53. The van der Waals surface area contributed by atoms with E-state index in [9.17, 15) is 13.2 Å². The van der Waals surface area contributed by atoms with Crippen LogP contribution in [-0.4, -0.2) is 32.3 Å². The lowest BCUT2D eigenvalue weighted by Gasteiger charge is -2.37. The molecule has 0 unspecified atom stereocenters. The second-order valence-corrected chi connectivity index (χ2v) is 6.95. The van der Waals surface area contributed by atoms with Crippen molar-refractivity contribution >= 4 is 29.9 Å².